The van der Waals surface area contributed by atoms with E-state index in [-0.39, 0.29) is 0 Å². The summed E-state index contributed by atoms with van der Waals surface area (Å²) in [5.74, 6) is 2.24. The fourth-order valence-corrected chi connectivity index (χ4v) is 3.72. The number of hydrogen-bond acceptors (Lipinski definition) is 5. The van der Waals surface area contributed by atoms with Crippen molar-refractivity contribution < 1.29 is 4.74 Å². The molecule has 5 aromatic rings. The molecule has 0 saturated carbocycles. The van der Waals surface area contributed by atoms with E-state index in [0.29, 0.717) is 12.6 Å². The number of aromatic nitrogens is 4. The maximum atomic E-state index is 5.63. The minimum absolute atomic E-state index is 0.600. The molecule has 0 saturated heterocycles. The van der Waals surface area contributed by atoms with E-state index < -0.39 is 0 Å². The van der Waals surface area contributed by atoms with Crippen LogP contribution in [0.25, 0.3) is 21.8 Å². The topological polar surface area (TPSA) is 90.6 Å². The average molecular weight is 412 g/mol. The first-order valence-corrected chi connectivity index (χ1v) is 10.4. The molecule has 0 fully saturated rings. The summed E-state index contributed by atoms with van der Waals surface area (Å²) in [5, 5.41) is 9.02. The van der Waals surface area contributed by atoms with Crippen molar-refractivity contribution >= 4 is 39.3 Å². The average Bonchev–Trinajstić information content (AvgIpc) is 3.41. The van der Waals surface area contributed by atoms with Crippen LogP contribution < -0.4 is 15.4 Å². The Morgan fingerprint density at radius 2 is 1.94 bits per heavy atom. The van der Waals surface area contributed by atoms with Gasteiger partial charge in [0.15, 0.2) is 0 Å². The van der Waals surface area contributed by atoms with Crippen LogP contribution in [0.2, 0.25) is 0 Å². The molecular formula is C24H24N6O. The van der Waals surface area contributed by atoms with Gasteiger partial charge in [0.05, 0.1) is 6.61 Å². The molecule has 7 heteroatoms. The summed E-state index contributed by atoms with van der Waals surface area (Å²) in [4.78, 5) is 15.5. The van der Waals surface area contributed by atoms with Crippen LogP contribution in [0.15, 0.2) is 67.1 Å². The normalized spacial score (nSPS) is 11.1. The number of H-pyrrole nitrogens is 2. The van der Waals surface area contributed by atoms with Crippen LogP contribution in [0.5, 0.6) is 5.75 Å². The molecule has 3 heterocycles. The third-order valence-electron chi connectivity index (χ3n) is 5.21. The standard InChI is InChI=1S/C24H24N6O/c1-2-31-19-4-6-22-20(14-19)17(15-28-22)8-11-26-24-27-12-9-23(30-24)29-18-3-5-21-16(13-18)7-10-25-21/h3-7,9-10,12-15,25,28H,2,8,11H2,1H3,(H2,26,27,29,30). The highest BCUT2D eigenvalue weighted by Gasteiger charge is 2.06. The molecule has 2 aromatic carbocycles. The molecular weight excluding hydrogens is 388 g/mol. The largest absolute Gasteiger partial charge is 0.494 e. The zero-order valence-corrected chi connectivity index (χ0v) is 17.3. The maximum Gasteiger partial charge on any atom is 0.224 e. The molecule has 7 nitrogen and oxygen atoms in total. The van der Waals surface area contributed by atoms with Crippen LogP contribution in [0, 0.1) is 0 Å². The zero-order valence-electron chi connectivity index (χ0n) is 17.3. The molecule has 0 amide bonds. The Balaban J connectivity index is 1.24. The summed E-state index contributed by atoms with van der Waals surface area (Å²) in [7, 11) is 0. The molecule has 0 aliphatic carbocycles. The quantitative estimate of drug-likeness (QED) is 0.280. The van der Waals surface area contributed by atoms with Gasteiger partial charge >= 0.3 is 0 Å². The Labute approximate surface area is 179 Å². The van der Waals surface area contributed by atoms with E-state index in [0.717, 1.165) is 46.6 Å². The highest BCUT2D eigenvalue weighted by atomic mass is 16.5. The summed E-state index contributed by atoms with van der Waals surface area (Å²) < 4.78 is 5.63. The van der Waals surface area contributed by atoms with Crippen LogP contribution >= 0.6 is 0 Å². The second-order valence-electron chi connectivity index (χ2n) is 7.30. The summed E-state index contributed by atoms with van der Waals surface area (Å²) in [6.07, 6.45) is 6.60. The fourth-order valence-electron chi connectivity index (χ4n) is 3.72. The lowest BCUT2D eigenvalue weighted by atomic mass is 10.1. The fraction of sp³-hybridized carbons (Fsp3) is 0.167. The highest BCUT2D eigenvalue weighted by molar-refractivity contribution is 5.85. The number of fused-ring (bicyclic) bond motifs is 2. The number of anilines is 3. The highest BCUT2D eigenvalue weighted by Crippen LogP contribution is 2.24. The lowest BCUT2D eigenvalue weighted by Gasteiger charge is -2.09. The first-order chi connectivity index (χ1) is 15.3. The number of nitrogens with zero attached hydrogens (tertiary/aromatic N) is 2. The van der Waals surface area contributed by atoms with Crippen LogP contribution in [0.1, 0.15) is 12.5 Å². The van der Waals surface area contributed by atoms with Gasteiger partial charge < -0.3 is 25.3 Å². The van der Waals surface area contributed by atoms with E-state index in [2.05, 4.69) is 67.1 Å². The summed E-state index contributed by atoms with van der Waals surface area (Å²) in [6.45, 7) is 3.38. The van der Waals surface area contributed by atoms with Crippen LogP contribution in [-0.2, 0) is 6.42 Å². The molecule has 4 N–H and O–H groups in total. The van der Waals surface area contributed by atoms with Gasteiger partial charge in [-0.15, -0.1) is 0 Å². The molecule has 0 atom stereocenters. The lowest BCUT2D eigenvalue weighted by Crippen LogP contribution is -2.08. The first kappa shape index (κ1) is 19.0. The van der Waals surface area contributed by atoms with Crippen molar-refractivity contribution in [2.45, 2.75) is 13.3 Å². The van der Waals surface area contributed by atoms with Gasteiger partial charge in [-0.05, 0) is 67.4 Å². The Hall–Kier alpha value is -4.00. The molecule has 0 spiro atoms. The van der Waals surface area contributed by atoms with Gasteiger partial charge in [-0.2, -0.15) is 4.98 Å². The number of aromatic amines is 2. The van der Waals surface area contributed by atoms with Crippen LogP contribution in [0.4, 0.5) is 17.5 Å². The third-order valence-corrected chi connectivity index (χ3v) is 5.21. The van der Waals surface area contributed by atoms with Crippen molar-refractivity contribution in [1.29, 1.82) is 0 Å². The predicted molar refractivity (Wildman–Crippen MR) is 125 cm³/mol. The van der Waals surface area contributed by atoms with Crippen molar-refractivity contribution in [2.24, 2.45) is 0 Å². The Morgan fingerprint density at radius 3 is 2.87 bits per heavy atom. The molecule has 0 radical (unpaired) electrons. The predicted octanol–water partition coefficient (Wildman–Crippen LogP) is 5.24. The summed E-state index contributed by atoms with van der Waals surface area (Å²) in [5.41, 5.74) is 4.44. The molecule has 31 heavy (non-hydrogen) atoms. The molecule has 0 unspecified atom stereocenters. The van der Waals surface area contributed by atoms with E-state index in [1.54, 1.807) is 6.20 Å². The van der Waals surface area contributed by atoms with Gasteiger partial charge in [0, 0.05) is 52.6 Å². The Morgan fingerprint density at radius 1 is 1.00 bits per heavy atom. The molecule has 0 bridgehead atoms. The van der Waals surface area contributed by atoms with Gasteiger partial charge in [-0.3, -0.25) is 0 Å². The van der Waals surface area contributed by atoms with Gasteiger partial charge in [-0.25, -0.2) is 4.98 Å². The molecule has 5 rings (SSSR count). The molecule has 156 valence electrons. The zero-order chi connectivity index (χ0) is 21.0. The van der Waals surface area contributed by atoms with Crippen molar-refractivity contribution in [1.82, 2.24) is 19.9 Å². The van der Waals surface area contributed by atoms with Gasteiger partial charge in [0.2, 0.25) is 5.95 Å². The number of hydrogen-bond donors (Lipinski definition) is 4. The SMILES string of the molecule is CCOc1ccc2[nH]cc(CCNc3nccc(Nc4ccc5[nH]ccc5c4)n3)c2c1. The second kappa shape index (κ2) is 8.39. The molecule has 3 aromatic heterocycles. The summed E-state index contributed by atoms with van der Waals surface area (Å²) in [6, 6.07) is 16.2. The van der Waals surface area contributed by atoms with Gasteiger partial charge in [0.1, 0.15) is 11.6 Å². The Kier molecular flexibility index (Phi) is 5.14. The van der Waals surface area contributed by atoms with E-state index in [1.165, 1.54) is 10.9 Å². The number of ether oxygens (including phenoxy) is 1. The van der Waals surface area contributed by atoms with Crippen molar-refractivity contribution in [2.75, 3.05) is 23.8 Å². The monoisotopic (exact) mass is 412 g/mol. The van der Waals surface area contributed by atoms with E-state index >= 15 is 0 Å². The van der Waals surface area contributed by atoms with E-state index in [1.807, 2.05) is 31.3 Å². The van der Waals surface area contributed by atoms with Gasteiger partial charge in [-0.1, -0.05) is 0 Å². The third kappa shape index (κ3) is 4.16. The van der Waals surface area contributed by atoms with Crippen LogP contribution in [0.3, 0.4) is 0 Å². The Bertz CT molecular complexity index is 1320. The maximum absolute atomic E-state index is 5.63. The first-order valence-electron chi connectivity index (χ1n) is 10.4. The van der Waals surface area contributed by atoms with Gasteiger partial charge in [0.25, 0.3) is 0 Å². The number of nitrogens with one attached hydrogen (secondary N) is 4. The summed E-state index contributed by atoms with van der Waals surface area (Å²) >= 11 is 0. The number of rotatable bonds is 8. The van der Waals surface area contributed by atoms with Crippen LogP contribution in [-0.4, -0.2) is 33.1 Å². The van der Waals surface area contributed by atoms with Crippen molar-refractivity contribution in [3.63, 3.8) is 0 Å². The smallest absolute Gasteiger partial charge is 0.224 e. The molecule has 0 aliphatic rings. The number of benzene rings is 2. The van der Waals surface area contributed by atoms with Crippen molar-refractivity contribution in [3.8, 4) is 5.75 Å². The van der Waals surface area contributed by atoms with E-state index in [4.69, 9.17) is 4.74 Å². The van der Waals surface area contributed by atoms with E-state index in [9.17, 15) is 0 Å². The minimum atomic E-state index is 0.600. The van der Waals surface area contributed by atoms with Crippen molar-refractivity contribution in [3.05, 3.63) is 72.7 Å². The second-order valence-corrected chi connectivity index (χ2v) is 7.30. The molecule has 0 aliphatic heterocycles. The minimum Gasteiger partial charge on any atom is -0.494 e. The lowest BCUT2D eigenvalue weighted by molar-refractivity contribution is 0.340.